The van der Waals surface area contributed by atoms with E-state index in [0.29, 0.717) is 6.10 Å². The van der Waals surface area contributed by atoms with Crippen molar-refractivity contribution in [3.63, 3.8) is 0 Å². The minimum absolute atomic E-state index is 0.147. The molecule has 2 rings (SSSR count). The zero-order valence-electron chi connectivity index (χ0n) is 10.1. The summed E-state index contributed by atoms with van der Waals surface area (Å²) in [4.78, 5) is 0. The van der Waals surface area contributed by atoms with Crippen molar-refractivity contribution in [3.05, 3.63) is 36.9 Å². The zero-order chi connectivity index (χ0) is 12.1. The Hall–Kier alpha value is -1.48. The molecule has 1 aliphatic rings. The lowest BCUT2D eigenvalue weighted by atomic mass is 10.1. The fourth-order valence-corrected chi connectivity index (χ4v) is 1.72. The van der Waals surface area contributed by atoms with Crippen molar-refractivity contribution in [3.8, 4) is 11.5 Å². The summed E-state index contributed by atoms with van der Waals surface area (Å²) in [5.41, 5.74) is 0. The first-order valence-electron chi connectivity index (χ1n) is 5.85. The smallest absolute Gasteiger partial charge is 0.120 e. The molecule has 92 valence electrons. The Morgan fingerprint density at radius 1 is 1.41 bits per heavy atom. The van der Waals surface area contributed by atoms with Gasteiger partial charge in [-0.15, -0.1) is 6.58 Å². The van der Waals surface area contributed by atoms with Crippen molar-refractivity contribution in [2.45, 2.75) is 25.0 Å². The third-order valence-electron chi connectivity index (χ3n) is 2.72. The summed E-state index contributed by atoms with van der Waals surface area (Å²) in [5, 5.41) is 0. The maximum Gasteiger partial charge on any atom is 0.120 e. The number of hydrogen-bond donors (Lipinski definition) is 0. The van der Waals surface area contributed by atoms with Gasteiger partial charge in [-0.3, -0.25) is 0 Å². The Labute approximate surface area is 102 Å². The molecule has 0 amide bonds. The number of ether oxygens (including phenoxy) is 3. The molecule has 1 saturated heterocycles. The molecule has 2 atom stereocenters. The maximum absolute atomic E-state index is 5.90. The van der Waals surface area contributed by atoms with Crippen LogP contribution >= 0.6 is 0 Å². The van der Waals surface area contributed by atoms with E-state index >= 15 is 0 Å². The fourth-order valence-electron chi connectivity index (χ4n) is 1.72. The van der Waals surface area contributed by atoms with Crippen LogP contribution in [0.15, 0.2) is 36.9 Å². The van der Waals surface area contributed by atoms with Gasteiger partial charge in [0.2, 0.25) is 0 Å². The van der Waals surface area contributed by atoms with Crippen LogP contribution in [0.2, 0.25) is 0 Å². The van der Waals surface area contributed by atoms with Crippen LogP contribution < -0.4 is 9.47 Å². The molecule has 0 aliphatic carbocycles. The van der Waals surface area contributed by atoms with Crippen LogP contribution in [0.5, 0.6) is 11.5 Å². The van der Waals surface area contributed by atoms with Crippen molar-refractivity contribution in [1.82, 2.24) is 0 Å². The second-order valence-electron chi connectivity index (χ2n) is 4.13. The molecule has 0 aromatic heterocycles. The Morgan fingerprint density at radius 3 is 2.59 bits per heavy atom. The number of epoxide rings is 1. The SMILES string of the molecule is C=CC[C@@H](C[C@@H]1CO1)Oc1ccc(OC)cc1. The molecule has 1 aromatic rings. The molecule has 1 aromatic carbocycles. The van der Waals surface area contributed by atoms with E-state index in [-0.39, 0.29) is 6.10 Å². The number of hydrogen-bond acceptors (Lipinski definition) is 3. The first-order chi connectivity index (χ1) is 8.31. The molecule has 0 radical (unpaired) electrons. The summed E-state index contributed by atoms with van der Waals surface area (Å²) < 4.78 is 16.2. The van der Waals surface area contributed by atoms with E-state index in [9.17, 15) is 0 Å². The highest BCUT2D eigenvalue weighted by molar-refractivity contribution is 5.31. The molecule has 0 N–H and O–H groups in total. The van der Waals surface area contributed by atoms with Crippen molar-refractivity contribution < 1.29 is 14.2 Å². The second-order valence-corrected chi connectivity index (χ2v) is 4.13. The zero-order valence-corrected chi connectivity index (χ0v) is 10.1. The summed E-state index contributed by atoms with van der Waals surface area (Å²) in [5.74, 6) is 1.70. The normalized spacial score (nSPS) is 19.5. The lowest BCUT2D eigenvalue weighted by Gasteiger charge is -2.17. The van der Waals surface area contributed by atoms with Crippen molar-refractivity contribution in [2.75, 3.05) is 13.7 Å². The van der Waals surface area contributed by atoms with Gasteiger partial charge in [-0.2, -0.15) is 0 Å². The molecule has 0 bridgehead atoms. The summed E-state index contributed by atoms with van der Waals surface area (Å²) in [6.07, 6.45) is 4.17. The van der Waals surface area contributed by atoms with E-state index in [1.54, 1.807) is 7.11 Å². The monoisotopic (exact) mass is 234 g/mol. The molecule has 1 fully saturated rings. The fraction of sp³-hybridized carbons (Fsp3) is 0.429. The van der Waals surface area contributed by atoms with Crippen molar-refractivity contribution in [1.29, 1.82) is 0 Å². The summed E-state index contributed by atoms with van der Waals surface area (Å²) >= 11 is 0. The van der Waals surface area contributed by atoms with Gasteiger partial charge in [0.25, 0.3) is 0 Å². The van der Waals surface area contributed by atoms with Crippen LogP contribution in [0.1, 0.15) is 12.8 Å². The van der Waals surface area contributed by atoms with E-state index < -0.39 is 0 Å². The van der Waals surface area contributed by atoms with Gasteiger partial charge in [0.1, 0.15) is 17.6 Å². The van der Waals surface area contributed by atoms with E-state index in [1.165, 1.54) is 0 Å². The molecular weight excluding hydrogens is 216 g/mol. The second kappa shape index (κ2) is 5.73. The minimum Gasteiger partial charge on any atom is -0.497 e. The Bertz CT molecular complexity index is 354. The molecule has 1 aliphatic heterocycles. The van der Waals surface area contributed by atoms with Gasteiger partial charge in [0, 0.05) is 12.8 Å². The predicted octanol–water partition coefficient (Wildman–Crippen LogP) is 2.81. The molecule has 3 nitrogen and oxygen atoms in total. The van der Waals surface area contributed by atoms with Gasteiger partial charge >= 0.3 is 0 Å². The molecular formula is C14H18O3. The number of methoxy groups -OCH3 is 1. The molecule has 0 saturated carbocycles. The Balaban J connectivity index is 1.92. The van der Waals surface area contributed by atoms with Gasteiger partial charge < -0.3 is 14.2 Å². The van der Waals surface area contributed by atoms with Gasteiger partial charge in [0.05, 0.1) is 19.8 Å². The lowest BCUT2D eigenvalue weighted by molar-refractivity contribution is 0.179. The van der Waals surface area contributed by atoms with E-state index in [4.69, 9.17) is 14.2 Å². The lowest BCUT2D eigenvalue weighted by Crippen LogP contribution is -2.18. The molecule has 1 heterocycles. The van der Waals surface area contributed by atoms with Crippen LogP contribution in [-0.2, 0) is 4.74 Å². The molecule has 0 spiro atoms. The van der Waals surface area contributed by atoms with E-state index in [1.807, 2.05) is 30.3 Å². The topological polar surface area (TPSA) is 31.0 Å². The summed E-state index contributed by atoms with van der Waals surface area (Å²) in [6, 6.07) is 7.63. The average molecular weight is 234 g/mol. The standard InChI is InChI=1S/C14H18O3/c1-3-4-13(9-14-10-16-14)17-12-7-5-11(15-2)6-8-12/h3,5-8,13-14H,1,4,9-10H2,2H3/t13-,14+/m0/s1. The van der Waals surface area contributed by atoms with Gasteiger partial charge in [-0.05, 0) is 24.3 Å². The van der Waals surface area contributed by atoms with Crippen LogP contribution in [0.4, 0.5) is 0 Å². The molecule has 0 unspecified atom stereocenters. The third kappa shape index (κ3) is 3.79. The summed E-state index contributed by atoms with van der Waals surface area (Å²) in [7, 11) is 1.65. The Kier molecular flexibility index (Phi) is 4.04. The maximum atomic E-state index is 5.90. The summed E-state index contributed by atoms with van der Waals surface area (Å²) in [6.45, 7) is 4.62. The largest absolute Gasteiger partial charge is 0.497 e. The number of benzene rings is 1. The molecule has 17 heavy (non-hydrogen) atoms. The van der Waals surface area contributed by atoms with E-state index in [0.717, 1.165) is 30.9 Å². The highest BCUT2D eigenvalue weighted by Gasteiger charge is 2.27. The average Bonchev–Trinajstić information content (AvgIpc) is 3.14. The predicted molar refractivity (Wildman–Crippen MR) is 66.6 cm³/mol. The van der Waals surface area contributed by atoms with Crippen molar-refractivity contribution in [2.24, 2.45) is 0 Å². The quantitative estimate of drug-likeness (QED) is 0.537. The van der Waals surface area contributed by atoms with Gasteiger partial charge in [-0.25, -0.2) is 0 Å². The molecule has 3 heteroatoms. The highest BCUT2D eigenvalue weighted by Crippen LogP contribution is 2.23. The van der Waals surface area contributed by atoms with Gasteiger partial charge in [0.15, 0.2) is 0 Å². The highest BCUT2D eigenvalue weighted by atomic mass is 16.6. The van der Waals surface area contributed by atoms with E-state index in [2.05, 4.69) is 6.58 Å². The van der Waals surface area contributed by atoms with Crippen LogP contribution in [0.25, 0.3) is 0 Å². The van der Waals surface area contributed by atoms with Crippen molar-refractivity contribution >= 4 is 0 Å². The first kappa shape index (κ1) is 12.0. The first-order valence-corrected chi connectivity index (χ1v) is 5.85. The Morgan fingerprint density at radius 2 is 2.06 bits per heavy atom. The van der Waals surface area contributed by atoms with Crippen LogP contribution in [0.3, 0.4) is 0 Å². The van der Waals surface area contributed by atoms with Crippen LogP contribution in [-0.4, -0.2) is 25.9 Å². The van der Waals surface area contributed by atoms with Crippen LogP contribution in [0, 0.1) is 0 Å². The van der Waals surface area contributed by atoms with Gasteiger partial charge in [-0.1, -0.05) is 6.08 Å². The number of rotatable bonds is 7. The minimum atomic E-state index is 0.147. The third-order valence-corrected chi connectivity index (χ3v) is 2.72.